The standard InChI is InChI=1S/C28H33N3O4/c1-18(2)17-35-20-10-8-9-19(15-20)26(32)24-25(31(14-13-29(3)4)28(34)27(24)33)22-16-30(5)23-12-7-6-11-21(22)23/h6-12,15-16,18,25,32H,13-14,17H2,1-5H3/b26-24+. The number of Topliss-reactive ketones (excluding diaryl/α,β-unsaturated/α-hetero) is 1. The van der Waals surface area contributed by atoms with Gasteiger partial charge in [0.25, 0.3) is 11.7 Å². The second kappa shape index (κ2) is 9.96. The maximum Gasteiger partial charge on any atom is 0.295 e. The molecule has 1 saturated heterocycles. The summed E-state index contributed by atoms with van der Waals surface area (Å²) in [5.74, 6) is -0.512. The fourth-order valence-electron chi connectivity index (χ4n) is 4.48. The van der Waals surface area contributed by atoms with Gasteiger partial charge in [-0.05, 0) is 38.2 Å². The van der Waals surface area contributed by atoms with Gasteiger partial charge in [-0.1, -0.05) is 44.2 Å². The van der Waals surface area contributed by atoms with Gasteiger partial charge in [0.2, 0.25) is 0 Å². The van der Waals surface area contributed by atoms with Crippen molar-refractivity contribution in [1.29, 1.82) is 0 Å². The van der Waals surface area contributed by atoms with Crippen LogP contribution in [0.2, 0.25) is 0 Å². The van der Waals surface area contributed by atoms with E-state index in [-0.39, 0.29) is 11.3 Å². The van der Waals surface area contributed by atoms with Crippen LogP contribution < -0.4 is 4.74 Å². The Bertz CT molecular complexity index is 1290. The zero-order valence-electron chi connectivity index (χ0n) is 21.0. The number of aliphatic hydroxyl groups is 1. The van der Waals surface area contributed by atoms with E-state index < -0.39 is 17.7 Å². The highest BCUT2D eigenvalue weighted by Crippen LogP contribution is 2.42. The minimum Gasteiger partial charge on any atom is -0.507 e. The number of hydrogen-bond donors (Lipinski definition) is 1. The molecule has 3 aromatic rings. The van der Waals surface area contributed by atoms with E-state index in [4.69, 9.17) is 4.74 Å². The molecule has 0 radical (unpaired) electrons. The molecule has 184 valence electrons. The number of fused-ring (bicyclic) bond motifs is 1. The Balaban J connectivity index is 1.86. The van der Waals surface area contributed by atoms with E-state index in [1.54, 1.807) is 23.1 Å². The molecule has 1 aliphatic rings. The summed E-state index contributed by atoms with van der Waals surface area (Å²) >= 11 is 0. The van der Waals surface area contributed by atoms with Gasteiger partial charge in [0.05, 0.1) is 18.2 Å². The normalized spacial score (nSPS) is 17.8. The van der Waals surface area contributed by atoms with E-state index in [1.807, 2.05) is 67.1 Å². The van der Waals surface area contributed by atoms with Crippen LogP contribution in [0.5, 0.6) is 5.75 Å². The number of carbonyl (C=O) groups is 2. The Kier molecular flexibility index (Phi) is 6.98. The molecule has 7 nitrogen and oxygen atoms in total. The first-order chi connectivity index (χ1) is 16.7. The lowest BCUT2D eigenvalue weighted by molar-refractivity contribution is -0.140. The van der Waals surface area contributed by atoms with Gasteiger partial charge in [-0.2, -0.15) is 0 Å². The van der Waals surface area contributed by atoms with Crippen LogP contribution in [0.15, 0.2) is 60.3 Å². The number of ketones is 1. The van der Waals surface area contributed by atoms with Crippen molar-refractivity contribution in [2.24, 2.45) is 13.0 Å². The van der Waals surface area contributed by atoms with Crippen molar-refractivity contribution < 1.29 is 19.4 Å². The maximum absolute atomic E-state index is 13.3. The molecule has 1 N–H and O–H groups in total. The molecule has 0 bridgehead atoms. The molecule has 1 atom stereocenters. The van der Waals surface area contributed by atoms with Crippen LogP contribution >= 0.6 is 0 Å². The molecule has 35 heavy (non-hydrogen) atoms. The Morgan fingerprint density at radius 3 is 2.57 bits per heavy atom. The van der Waals surface area contributed by atoms with Crippen molar-refractivity contribution in [3.63, 3.8) is 0 Å². The second-order valence-electron chi connectivity index (χ2n) is 9.74. The summed E-state index contributed by atoms with van der Waals surface area (Å²) in [4.78, 5) is 30.1. The molecule has 0 aliphatic carbocycles. The first-order valence-corrected chi connectivity index (χ1v) is 11.9. The molecule has 2 heterocycles. The number of aromatic nitrogens is 1. The smallest absolute Gasteiger partial charge is 0.295 e. The van der Waals surface area contributed by atoms with Crippen molar-refractivity contribution >= 4 is 28.4 Å². The monoisotopic (exact) mass is 475 g/mol. The van der Waals surface area contributed by atoms with Gasteiger partial charge in [-0.25, -0.2) is 0 Å². The van der Waals surface area contributed by atoms with Crippen LogP contribution in [0, 0.1) is 5.92 Å². The lowest BCUT2D eigenvalue weighted by atomic mass is 9.95. The van der Waals surface area contributed by atoms with Crippen molar-refractivity contribution in [3.8, 4) is 5.75 Å². The van der Waals surface area contributed by atoms with E-state index in [1.165, 1.54) is 0 Å². The third-order valence-electron chi connectivity index (χ3n) is 6.24. The Morgan fingerprint density at radius 1 is 1.11 bits per heavy atom. The number of aryl methyl sites for hydroxylation is 1. The number of para-hydroxylation sites is 1. The lowest BCUT2D eigenvalue weighted by Crippen LogP contribution is -2.35. The van der Waals surface area contributed by atoms with Crippen molar-refractivity contribution in [1.82, 2.24) is 14.4 Å². The summed E-state index contributed by atoms with van der Waals surface area (Å²) in [5.41, 5.74) is 2.35. The topological polar surface area (TPSA) is 75.0 Å². The fraction of sp³-hybridized carbons (Fsp3) is 0.357. The number of likely N-dealkylation sites (tertiary alicyclic amines) is 1. The summed E-state index contributed by atoms with van der Waals surface area (Å²) in [5, 5.41) is 12.4. The molecule has 1 fully saturated rings. The molecule has 0 spiro atoms. The number of nitrogens with zero attached hydrogens (tertiary/aromatic N) is 3. The van der Waals surface area contributed by atoms with Crippen molar-refractivity contribution in [2.75, 3.05) is 33.8 Å². The predicted octanol–water partition coefficient (Wildman–Crippen LogP) is 4.20. The zero-order valence-corrected chi connectivity index (χ0v) is 21.0. The van der Waals surface area contributed by atoms with E-state index in [9.17, 15) is 14.7 Å². The summed E-state index contributed by atoms with van der Waals surface area (Å²) in [6, 6.07) is 14.2. The average Bonchev–Trinajstić information content (AvgIpc) is 3.29. The number of amides is 1. The van der Waals surface area contributed by atoms with E-state index in [2.05, 4.69) is 13.8 Å². The predicted molar refractivity (Wildman–Crippen MR) is 137 cm³/mol. The van der Waals surface area contributed by atoms with Gasteiger partial charge in [0.1, 0.15) is 11.5 Å². The summed E-state index contributed by atoms with van der Waals surface area (Å²) in [6.45, 7) is 5.61. The molecule has 1 amide bonds. The highest BCUT2D eigenvalue weighted by Gasteiger charge is 2.46. The number of carbonyl (C=O) groups excluding carboxylic acids is 2. The Labute approximate surface area is 206 Å². The average molecular weight is 476 g/mol. The van der Waals surface area contributed by atoms with Crippen molar-refractivity contribution in [2.45, 2.75) is 19.9 Å². The summed E-state index contributed by atoms with van der Waals surface area (Å²) < 4.78 is 7.81. The lowest BCUT2D eigenvalue weighted by Gasteiger charge is -2.26. The number of aliphatic hydroxyl groups excluding tert-OH is 1. The highest BCUT2D eigenvalue weighted by atomic mass is 16.5. The van der Waals surface area contributed by atoms with Gasteiger partial charge in [-0.15, -0.1) is 0 Å². The quantitative estimate of drug-likeness (QED) is 0.300. The third-order valence-corrected chi connectivity index (χ3v) is 6.24. The SMILES string of the molecule is CC(C)COc1cccc(/C(O)=C2\C(=O)C(=O)N(CCN(C)C)C2c2cn(C)c3ccccc23)c1. The molecular formula is C28H33N3O4. The first-order valence-electron chi connectivity index (χ1n) is 11.9. The van der Waals surface area contributed by atoms with Crippen LogP contribution in [0.3, 0.4) is 0 Å². The molecule has 1 unspecified atom stereocenters. The maximum atomic E-state index is 13.3. The first kappa shape index (κ1) is 24.5. The number of rotatable bonds is 8. The van der Waals surface area contributed by atoms with E-state index in [0.29, 0.717) is 36.9 Å². The zero-order chi connectivity index (χ0) is 25.3. The minimum atomic E-state index is -0.693. The van der Waals surface area contributed by atoms with Crippen LogP contribution in [0.1, 0.15) is 31.0 Å². The summed E-state index contributed by atoms with van der Waals surface area (Å²) in [7, 11) is 5.78. The highest BCUT2D eigenvalue weighted by molar-refractivity contribution is 6.46. The minimum absolute atomic E-state index is 0.103. The molecule has 4 rings (SSSR count). The van der Waals surface area contributed by atoms with E-state index in [0.717, 1.165) is 16.5 Å². The van der Waals surface area contributed by atoms with Crippen LogP contribution in [0.25, 0.3) is 16.7 Å². The molecule has 7 heteroatoms. The fourth-order valence-corrected chi connectivity index (χ4v) is 4.48. The largest absolute Gasteiger partial charge is 0.507 e. The van der Waals surface area contributed by atoms with Crippen LogP contribution in [0.4, 0.5) is 0 Å². The van der Waals surface area contributed by atoms with Gasteiger partial charge >= 0.3 is 0 Å². The Hall–Kier alpha value is -3.58. The number of ether oxygens (including phenoxy) is 1. The molecule has 0 saturated carbocycles. The van der Waals surface area contributed by atoms with Crippen molar-refractivity contribution in [3.05, 3.63) is 71.4 Å². The van der Waals surface area contributed by atoms with Gasteiger partial charge in [0, 0.05) is 48.4 Å². The second-order valence-corrected chi connectivity index (χ2v) is 9.74. The molecule has 1 aromatic heterocycles. The van der Waals surface area contributed by atoms with Gasteiger partial charge < -0.3 is 24.2 Å². The van der Waals surface area contributed by atoms with E-state index >= 15 is 0 Å². The molecule has 2 aromatic carbocycles. The Morgan fingerprint density at radius 2 is 1.86 bits per heavy atom. The van der Waals surface area contributed by atoms with Gasteiger partial charge in [0.15, 0.2) is 0 Å². The molecule has 1 aliphatic heterocycles. The van der Waals surface area contributed by atoms with Gasteiger partial charge in [-0.3, -0.25) is 9.59 Å². The third kappa shape index (κ3) is 4.82. The number of hydrogen-bond acceptors (Lipinski definition) is 5. The van der Waals surface area contributed by atoms with Crippen LogP contribution in [-0.2, 0) is 16.6 Å². The molecular weight excluding hydrogens is 442 g/mol. The number of likely N-dealkylation sites (N-methyl/N-ethyl adjacent to an activating group) is 1. The number of benzene rings is 2. The van der Waals surface area contributed by atoms with Crippen LogP contribution in [-0.4, -0.2) is 65.0 Å². The summed E-state index contributed by atoms with van der Waals surface area (Å²) in [6.07, 6.45) is 1.94.